The standard InChI is InChI=1S/C44H37N2O.C16H18N.Ir/c1-27(2)36-24-33(31-16-10-7-11-17-31)25-37(28(3)4)42(36)46-39-19-13-12-18-38(39)45-44(46)35-22-20-29(5)41-34-23-21-32(26-40(34)47-43(35)41)30-14-8-6-9-15-30;1-12(2)9-15-10-16(17-11-13(15)3)14-7-5-4-6-8-14;/h6-21,23-28H,1-5H3;4-7,10-12H,9H2,1-3H3;/q2*-1;/i5D3;3D3,9D2;. The molecule has 3 aromatic heterocycles. The molecular weight excluding hydrogens is 971 g/mol. The molecule has 1 radical (unpaired) electrons. The number of hydrogen-bond donors (Lipinski definition) is 0. The normalized spacial score (nSPS) is 13.9. The maximum atomic E-state index is 8.48. The van der Waals surface area contributed by atoms with Gasteiger partial charge in [0.05, 0.1) is 22.4 Å². The van der Waals surface area contributed by atoms with Crippen molar-refractivity contribution in [3.05, 3.63) is 198 Å². The monoisotopic (exact) mass is 1030 g/mol. The molecule has 0 bridgehead atoms. The Labute approximate surface area is 409 Å². The van der Waals surface area contributed by atoms with Crippen molar-refractivity contribution in [2.75, 3.05) is 0 Å². The van der Waals surface area contributed by atoms with Crippen molar-refractivity contribution >= 4 is 33.0 Å². The molecule has 0 amide bonds. The first kappa shape index (κ1) is 35.9. The minimum absolute atomic E-state index is 0. The number of para-hydroxylation sites is 2. The fourth-order valence-electron chi connectivity index (χ4n) is 8.42. The summed E-state index contributed by atoms with van der Waals surface area (Å²) in [5, 5.41) is 1.32. The van der Waals surface area contributed by atoms with Crippen LogP contribution < -0.4 is 0 Å². The maximum absolute atomic E-state index is 8.48. The van der Waals surface area contributed by atoms with E-state index in [1.54, 1.807) is 26.0 Å². The number of nitrogens with zero attached hydrogens (tertiary/aromatic N) is 3. The van der Waals surface area contributed by atoms with Crippen LogP contribution in [0.5, 0.6) is 0 Å². The minimum atomic E-state index is -2.40. The summed E-state index contributed by atoms with van der Waals surface area (Å²) < 4.78 is 73.8. The van der Waals surface area contributed by atoms with E-state index in [4.69, 9.17) is 20.4 Å². The SMILES string of the molecule is [2H]C([2H])([2H])c1c[c-]c(-c2nc3ccccc3n2-c2c(C(C)C)cc(-c3ccccc3)cc2C(C)C)c2oc3cc(-c4ccccc4)ccc3c12.[2H]C([2H])([2H])c1cnc(-c2[c-]cccc2)cc1C([2H])([2H])C(C)C.[Ir]. The van der Waals surface area contributed by atoms with E-state index in [9.17, 15) is 0 Å². The van der Waals surface area contributed by atoms with Gasteiger partial charge in [0, 0.05) is 48.3 Å². The van der Waals surface area contributed by atoms with E-state index < -0.39 is 20.1 Å². The summed E-state index contributed by atoms with van der Waals surface area (Å²) in [4.78, 5) is 9.44. The van der Waals surface area contributed by atoms with Crippen LogP contribution in [0.3, 0.4) is 0 Å². The number of pyridine rings is 1. The largest absolute Gasteiger partial charge is 0.501 e. The van der Waals surface area contributed by atoms with Gasteiger partial charge < -0.3 is 14.0 Å². The summed E-state index contributed by atoms with van der Waals surface area (Å²) >= 11 is 0. The van der Waals surface area contributed by atoms with Crippen LogP contribution in [0, 0.1) is 31.8 Å². The molecule has 7 aromatic carbocycles. The van der Waals surface area contributed by atoms with Gasteiger partial charge in [-0.25, -0.2) is 0 Å². The Morgan fingerprint density at radius 2 is 1.34 bits per heavy atom. The van der Waals surface area contributed by atoms with Crippen LogP contribution in [-0.2, 0) is 26.5 Å². The topological polar surface area (TPSA) is 43.9 Å². The molecule has 5 heteroatoms. The van der Waals surface area contributed by atoms with Crippen molar-refractivity contribution in [2.24, 2.45) is 5.92 Å². The first-order valence-corrected chi connectivity index (χ1v) is 21.9. The zero-order chi connectivity index (χ0) is 51.3. The van der Waals surface area contributed by atoms with E-state index in [2.05, 4.69) is 104 Å². The molecule has 0 unspecified atom stereocenters. The summed E-state index contributed by atoms with van der Waals surface area (Å²) in [6, 6.07) is 56.2. The number of furan rings is 1. The van der Waals surface area contributed by atoms with Crippen molar-refractivity contribution in [3.63, 3.8) is 0 Å². The van der Waals surface area contributed by atoms with E-state index >= 15 is 0 Å². The Balaban J connectivity index is 0.000000260. The average molecular weight is 1030 g/mol. The van der Waals surface area contributed by atoms with Gasteiger partial charge in [0.2, 0.25) is 0 Å². The number of aromatic nitrogens is 3. The molecule has 65 heavy (non-hydrogen) atoms. The van der Waals surface area contributed by atoms with Crippen LogP contribution in [0.4, 0.5) is 0 Å². The van der Waals surface area contributed by atoms with Crippen molar-refractivity contribution in [3.8, 4) is 50.6 Å². The van der Waals surface area contributed by atoms with Crippen LogP contribution in [0.15, 0.2) is 162 Å². The van der Waals surface area contributed by atoms with Crippen LogP contribution >= 0.6 is 0 Å². The Bertz CT molecular complexity index is 3530. The van der Waals surface area contributed by atoms with Gasteiger partial charge in [0.15, 0.2) is 0 Å². The summed E-state index contributed by atoms with van der Waals surface area (Å²) in [6.45, 7) is 7.63. The summed E-state index contributed by atoms with van der Waals surface area (Å²) in [6.07, 6.45) is -0.491. The fourth-order valence-corrected chi connectivity index (χ4v) is 8.42. The van der Waals surface area contributed by atoms with Crippen molar-refractivity contribution < 1.29 is 35.5 Å². The molecule has 0 aliphatic carbocycles. The number of fused-ring (bicyclic) bond motifs is 4. The third kappa shape index (κ3) is 9.14. The smallest absolute Gasteiger partial charge is 0.121 e. The van der Waals surface area contributed by atoms with Crippen LogP contribution in [0.1, 0.15) is 92.2 Å². The molecule has 10 aromatic rings. The Kier molecular flexibility index (Phi) is 10.7. The van der Waals surface area contributed by atoms with Crippen LogP contribution in [0.2, 0.25) is 0 Å². The summed E-state index contributed by atoms with van der Waals surface area (Å²) in [5.74, 6) is 0.699. The summed E-state index contributed by atoms with van der Waals surface area (Å²) in [7, 11) is 0. The molecular formula is C60H55IrN3O-2. The number of hydrogen-bond acceptors (Lipinski definition) is 3. The first-order valence-electron chi connectivity index (χ1n) is 25.9. The quantitative estimate of drug-likeness (QED) is 0.135. The van der Waals surface area contributed by atoms with E-state index in [1.165, 1.54) is 34.5 Å². The van der Waals surface area contributed by atoms with E-state index in [1.807, 2.05) is 78.9 Å². The first-order chi connectivity index (χ1) is 34.2. The van der Waals surface area contributed by atoms with Gasteiger partial charge >= 0.3 is 0 Å². The molecule has 0 N–H and O–H groups in total. The predicted molar refractivity (Wildman–Crippen MR) is 268 cm³/mol. The predicted octanol–water partition coefficient (Wildman–Crippen LogP) is 16.3. The molecule has 0 fully saturated rings. The number of aryl methyl sites for hydroxylation is 2. The van der Waals surface area contributed by atoms with Crippen LogP contribution in [-0.4, -0.2) is 14.5 Å². The zero-order valence-electron chi connectivity index (χ0n) is 45.3. The molecule has 10 rings (SSSR count). The molecule has 4 nitrogen and oxygen atoms in total. The van der Waals surface area contributed by atoms with Gasteiger partial charge in [-0.3, -0.25) is 4.98 Å². The minimum Gasteiger partial charge on any atom is -0.501 e. The molecule has 327 valence electrons. The zero-order valence-corrected chi connectivity index (χ0v) is 39.7. The molecule has 0 aliphatic heterocycles. The number of rotatable bonds is 9. The third-order valence-electron chi connectivity index (χ3n) is 11.5. The van der Waals surface area contributed by atoms with Crippen molar-refractivity contribution in [2.45, 2.75) is 73.5 Å². The molecule has 0 saturated carbocycles. The second kappa shape index (κ2) is 19.4. The average Bonchev–Trinajstić information content (AvgIpc) is 3.94. The maximum Gasteiger partial charge on any atom is 0.121 e. The van der Waals surface area contributed by atoms with Crippen molar-refractivity contribution in [1.29, 1.82) is 0 Å². The van der Waals surface area contributed by atoms with Gasteiger partial charge in [0.1, 0.15) is 5.58 Å². The second-order valence-electron chi connectivity index (χ2n) is 17.1. The number of imidazole rings is 1. The third-order valence-corrected chi connectivity index (χ3v) is 11.5. The fraction of sp³-hybridized carbons (Fsp3) is 0.200. The Morgan fingerprint density at radius 1 is 0.677 bits per heavy atom. The molecule has 0 spiro atoms. The van der Waals surface area contributed by atoms with Gasteiger partial charge in [-0.15, -0.1) is 53.6 Å². The van der Waals surface area contributed by atoms with E-state index in [0.717, 1.165) is 33.2 Å². The molecule has 0 aliphatic rings. The van der Waals surface area contributed by atoms with Crippen molar-refractivity contribution in [1.82, 2.24) is 14.5 Å². The Hall–Kier alpha value is -6.39. The Morgan fingerprint density at radius 3 is 1.98 bits per heavy atom. The van der Waals surface area contributed by atoms with Gasteiger partial charge in [-0.2, -0.15) is 0 Å². The van der Waals surface area contributed by atoms with E-state index in [0.29, 0.717) is 39.2 Å². The second-order valence-corrected chi connectivity index (χ2v) is 17.1. The molecule has 3 heterocycles. The molecule has 0 atom stereocenters. The molecule has 0 saturated heterocycles. The van der Waals surface area contributed by atoms with E-state index in [-0.39, 0.29) is 54.5 Å². The summed E-state index contributed by atoms with van der Waals surface area (Å²) in [5.41, 5.74) is 13.0. The van der Waals surface area contributed by atoms with Gasteiger partial charge in [0.25, 0.3) is 0 Å². The van der Waals surface area contributed by atoms with Gasteiger partial charge in [-0.05, 0) is 106 Å². The van der Waals surface area contributed by atoms with Crippen LogP contribution in [0.25, 0.3) is 83.6 Å². The van der Waals surface area contributed by atoms with Gasteiger partial charge in [-0.1, -0.05) is 156 Å². The number of benzene rings is 7.